The Morgan fingerprint density at radius 3 is 2.37 bits per heavy atom. The van der Waals surface area contributed by atoms with Crippen LogP contribution in [0.1, 0.15) is 5.56 Å². The van der Waals surface area contributed by atoms with Crippen molar-refractivity contribution in [3.05, 3.63) is 54.1 Å². The first-order valence-corrected chi connectivity index (χ1v) is 9.28. The molecule has 0 aliphatic carbocycles. The van der Waals surface area contributed by atoms with E-state index in [0.29, 0.717) is 26.2 Å². The number of carbonyl (C=O) groups excluding carboxylic acids is 1. The van der Waals surface area contributed by atoms with Crippen LogP contribution < -0.4 is 19.7 Å². The summed E-state index contributed by atoms with van der Waals surface area (Å²) in [4.78, 5) is 16.5. The van der Waals surface area contributed by atoms with Gasteiger partial charge in [-0.1, -0.05) is 30.3 Å². The van der Waals surface area contributed by atoms with Crippen molar-refractivity contribution in [2.45, 2.75) is 6.92 Å². The van der Waals surface area contributed by atoms with Gasteiger partial charge in [-0.2, -0.15) is 0 Å². The van der Waals surface area contributed by atoms with Crippen LogP contribution in [0.3, 0.4) is 0 Å². The van der Waals surface area contributed by atoms with Gasteiger partial charge in [0.25, 0.3) is 0 Å². The lowest BCUT2D eigenvalue weighted by Crippen LogP contribution is -2.52. The van der Waals surface area contributed by atoms with Crippen LogP contribution in [-0.4, -0.2) is 57.4 Å². The molecule has 2 amide bonds. The number of anilines is 1. The minimum atomic E-state index is -0.0388. The first-order valence-electron chi connectivity index (χ1n) is 9.28. The second-order valence-corrected chi connectivity index (χ2v) is 6.49. The number of rotatable bonds is 6. The molecule has 6 heteroatoms. The van der Waals surface area contributed by atoms with Crippen LogP contribution in [0.4, 0.5) is 10.5 Å². The van der Waals surface area contributed by atoms with E-state index < -0.39 is 0 Å². The van der Waals surface area contributed by atoms with Gasteiger partial charge in [0.15, 0.2) is 0 Å². The number of carbonyl (C=O) groups is 1. The van der Waals surface area contributed by atoms with Crippen LogP contribution in [0.2, 0.25) is 0 Å². The molecule has 1 aliphatic heterocycles. The van der Waals surface area contributed by atoms with Gasteiger partial charge < -0.3 is 24.6 Å². The molecule has 1 N–H and O–H groups in total. The molecule has 1 fully saturated rings. The van der Waals surface area contributed by atoms with E-state index in [1.165, 1.54) is 0 Å². The molecule has 3 rings (SSSR count). The van der Waals surface area contributed by atoms with E-state index >= 15 is 0 Å². The van der Waals surface area contributed by atoms with E-state index in [0.717, 1.165) is 35.8 Å². The first kappa shape index (κ1) is 18.9. The predicted molar refractivity (Wildman–Crippen MR) is 107 cm³/mol. The summed E-state index contributed by atoms with van der Waals surface area (Å²) in [6.07, 6.45) is 0. The van der Waals surface area contributed by atoms with Gasteiger partial charge in [0.1, 0.15) is 18.1 Å². The Balaban J connectivity index is 1.41. The Hall–Kier alpha value is -2.89. The highest BCUT2D eigenvalue weighted by molar-refractivity contribution is 5.74. The number of nitrogens with zero attached hydrogens (tertiary/aromatic N) is 2. The van der Waals surface area contributed by atoms with Gasteiger partial charge in [-0.25, -0.2) is 4.79 Å². The molecule has 1 heterocycles. The summed E-state index contributed by atoms with van der Waals surface area (Å²) in [6, 6.07) is 15.8. The van der Waals surface area contributed by atoms with Crippen molar-refractivity contribution in [2.24, 2.45) is 0 Å². The second-order valence-electron chi connectivity index (χ2n) is 6.49. The molecular weight excluding hydrogens is 342 g/mol. The lowest BCUT2D eigenvalue weighted by atomic mass is 10.2. The lowest BCUT2D eigenvalue weighted by molar-refractivity contribution is 0.191. The van der Waals surface area contributed by atoms with Crippen LogP contribution in [0, 0.1) is 6.92 Å². The van der Waals surface area contributed by atoms with E-state index in [1.54, 1.807) is 7.11 Å². The summed E-state index contributed by atoms with van der Waals surface area (Å²) < 4.78 is 11.2. The standard InChI is InChI=1S/C21H27N3O3/c1-17-7-3-5-9-19(17)27-16-11-22-21(25)24-14-12-23(13-15-24)18-8-4-6-10-20(18)26-2/h3-10H,11-16H2,1-2H3,(H,22,25). The van der Waals surface area contributed by atoms with E-state index in [4.69, 9.17) is 9.47 Å². The van der Waals surface area contributed by atoms with Crippen molar-refractivity contribution in [3.8, 4) is 11.5 Å². The van der Waals surface area contributed by atoms with Crippen molar-refractivity contribution >= 4 is 11.7 Å². The largest absolute Gasteiger partial charge is 0.495 e. The maximum absolute atomic E-state index is 12.4. The van der Waals surface area contributed by atoms with Gasteiger partial charge in [0, 0.05) is 26.2 Å². The number of aryl methyl sites for hydroxylation is 1. The number of methoxy groups -OCH3 is 1. The Morgan fingerprint density at radius 2 is 1.67 bits per heavy atom. The van der Waals surface area contributed by atoms with Crippen molar-refractivity contribution < 1.29 is 14.3 Å². The molecule has 6 nitrogen and oxygen atoms in total. The molecule has 0 radical (unpaired) electrons. The van der Waals surface area contributed by atoms with Gasteiger partial charge >= 0.3 is 6.03 Å². The summed E-state index contributed by atoms with van der Waals surface area (Å²) in [5.41, 5.74) is 2.17. The molecular formula is C21H27N3O3. The normalized spacial score (nSPS) is 14.0. The Bertz CT molecular complexity index is 758. The maximum atomic E-state index is 12.4. The summed E-state index contributed by atoms with van der Waals surface area (Å²) >= 11 is 0. The Labute approximate surface area is 160 Å². The number of ether oxygens (including phenoxy) is 2. The predicted octanol–water partition coefficient (Wildman–Crippen LogP) is 2.91. The molecule has 0 unspecified atom stereocenters. The zero-order chi connectivity index (χ0) is 19.1. The van der Waals surface area contributed by atoms with E-state index in [-0.39, 0.29) is 6.03 Å². The third-order valence-corrected chi connectivity index (χ3v) is 4.72. The van der Waals surface area contributed by atoms with Crippen LogP contribution in [0.25, 0.3) is 0 Å². The average Bonchev–Trinajstić information content (AvgIpc) is 2.72. The van der Waals surface area contributed by atoms with E-state index in [1.807, 2.05) is 54.3 Å². The first-order chi connectivity index (χ1) is 13.2. The summed E-state index contributed by atoms with van der Waals surface area (Å²) in [5.74, 6) is 1.72. The zero-order valence-corrected chi connectivity index (χ0v) is 16.0. The van der Waals surface area contributed by atoms with Crippen molar-refractivity contribution in [2.75, 3.05) is 51.3 Å². The average molecular weight is 369 g/mol. The number of piperazine rings is 1. The smallest absolute Gasteiger partial charge is 0.317 e. The van der Waals surface area contributed by atoms with Crippen LogP contribution in [0.15, 0.2) is 48.5 Å². The molecule has 0 saturated carbocycles. The number of para-hydroxylation sites is 3. The third-order valence-electron chi connectivity index (χ3n) is 4.72. The number of hydrogen-bond donors (Lipinski definition) is 1. The highest BCUT2D eigenvalue weighted by atomic mass is 16.5. The van der Waals surface area contributed by atoms with Gasteiger partial charge in [0.2, 0.25) is 0 Å². The van der Waals surface area contributed by atoms with E-state index in [9.17, 15) is 4.79 Å². The second kappa shape index (κ2) is 9.16. The zero-order valence-electron chi connectivity index (χ0n) is 16.0. The molecule has 0 spiro atoms. The lowest BCUT2D eigenvalue weighted by Gasteiger charge is -2.36. The monoisotopic (exact) mass is 369 g/mol. The van der Waals surface area contributed by atoms with Crippen molar-refractivity contribution in [1.29, 1.82) is 0 Å². The van der Waals surface area contributed by atoms with Gasteiger partial charge in [-0.15, -0.1) is 0 Å². The fourth-order valence-corrected chi connectivity index (χ4v) is 3.19. The summed E-state index contributed by atoms with van der Waals surface area (Å²) in [7, 11) is 1.68. The van der Waals surface area contributed by atoms with E-state index in [2.05, 4.69) is 16.3 Å². The quantitative estimate of drug-likeness (QED) is 0.796. The highest BCUT2D eigenvalue weighted by Gasteiger charge is 2.22. The molecule has 0 bridgehead atoms. The van der Waals surface area contributed by atoms with Crippen LogP contribution in [-0.2, 0) is 0 Å². The van der Waals surface area contributed by atoms with Crippen molar-refractivity contribution in [1.82, 2.24) is 10.2 Å². The molecule has 144 valence electrons. The molecule has 1 aliphatic rings. The van der Waals surface area contributed by atoms with Crippen LogP contribution in [0.5, 0.6) is 11.5 Å². The number of benzene rings is 2. The summed E-state index contributed by atoms with van der Waals surface area (Å²) in [5, 5.41) is 2.94. The molecule has 27 heavy (non-hydrogen) atoms. The third kappa shape index (κ3) is 4.84. The number of urea groups is 1. The number of hydrogen-bond acceptors (Lipinski definition) is 4. The molecule has 1 saturated heterocycles. The van der Waals surface area contributed by atoms with Crippen molar-refractivity contribution in [3.63, 3.8) is 0 Å². The number of amides is 2. The minimum Gasteiger partial charge on any atom is -0.495 e. The molecule has 0 aromatic heterocycles. The van der Waals surface area contributed by atoms with Crippen LogP contribution >= 0.6 is 0 Å². The Kier molecular flexibility index (Phi) is 6.41. The fraction of sp³-hybridized carbons (Fsp3) is 0.381. The fourth-order valence-electron chi connectivity index (χ4n) is 3.19. The Morgan fingerprint density at radius 1 is 1.00 bits per heavy atom. The SMILES string of the molecule is COc1ccccc1N1CCN(C(=O)NCCOc2ccccc2C)CC1. The molecule has 0 atom stereocenters. The van der Waals surface area contributed by atoms with Gasteiger partial charge in [0.05, 0.1) is 19.3 Å². The maximum Gasteiger partial charge on any atom is 0.317 e. The topological polar surface area (TPSA) is 54.0 Å². The van der Waals surface area contributed by atoms with Gasteiger partial charge in [-0.3, -0.25) is 0 Å². The highest BCUT2D eigenvalue weighted by Crippen LogP contribution is 2.28. The summed E-state index contributed by atoms with van der Waals surface area (Å²) in [6.45, 7) is 5.89. The molecule has 2 aromatic rings. The number of nitrogens with one attached hydrogen (secondary N) is 1. The minimum absolute atomic E-state index is 0.0388. The van der Waals surface area contributed by atoms with Gasteiger partial charge in [-0.05, 0) is 30.7 Å². The molecule has 2 aromatic carbocycles.